The summed E-state index contributed by atoms with van der Waals surface area (Å²) in [6.45, 7) is 0.718. The number of hydrogen-bond donors (Lipinski definition) is 3. The van der Waals surface area contributed by atoms with Crippen molar-refractivity contribution in [3.8, 4) is 0 Å². The molecule has 0 aromatic rings. The van der Waals surface area contributed by atoms with Crippen LogP contribution in [0.15, 0.2) is 0 Å². The van der Waals surface area contributed by atoms with Crippen molar-refractivity contribution in [3.05, 3.63) is 0 Å². The average molecular weight is 306 g/mol. The molecule has 2 bridgehead atoms. The molecule has 0 heterocycles. The molecule has 4 aliphatic rings. The molecule has 0 saturated heterocycles. The molecule has 124 valence electrons. The van der Waals surface area contributed by atoms with E-state index in [1.165, 1.54) is 32.1 Å². The number of aliphatic hydroxyl groups excluding tert-OH is 1. The monoisotopic (exact) mass is 306 g/mol. The lowest BCUT2D eigenvalue weighted by Gasteiger charge is -2.32. The van der Waals surface area contributed by atoms with Crippen LogP contribution in [0.2, 0.25) is 0 Å². The highest BCUT2D eigenvalue weighted by atomic mass is 16.3. The van der Waals surface area contributed by atoms with Crippen LogP contribution in [0.25, 0.3) is 0 Å². The van der Waals surface area contributed by atoms with Crippen LogP contribution in [0.1, 0.15) is 57.8 Å². The van der Waals surface area contributed by atoms with Crippen molar-refractivity contribution in [2.75, 3.05) is 6.54 Å². The van der Waals surface area contributed by atoms with Gasteiger partial charge < -0.3 is 15.7 Å². The van der Waals surface area contributed by atoms with Gasteiger partial charge in [-0.1, -0.05) is 12.8 Å². The van der Waals surface area contributed by atoms with Crippen LogP contribution in [0.4, 0.5) is 4.79 Å². The third-order valence-electron chi connectivity index (χ3n) is 7.05. The molecule has 4 aliphatic carbocycles. The number of carbonyl (C=O) groups excluding carboxylic acids is 1. The minimum absolute atomic E-state index is 0.0205. The van der Waals surface area contributed by atoms with Gasteiger partial charge in [0.1, 0.15) is 0 Å². The number of amides is 2. The Morgan fingerprint density at radius 3 is 2.64 bits per heavy atom. The molecule has 7 atom stereocenters. The summed E-state index contributed by atoms with van der Waals surface area (Å²) in [6, 6.07) is 0.438. The van der Waals surface area contributed by atoms with E-state index in [2.05, 4.69) is 10.6 Å². The van der Waals surface area contributed by atoms with E-state index in [-0.39, 0.29) is 12.1 Å². The first-order chi connectivity index (χ1) is 10.7. The molecule has 4 nitrogen and oxygen atoms in total. The van der Waals surface area contributed by atoms with E-state index in [1.807, 2.05) is 0 Å². The van der Waals surface area contributed by atoms with Gasteiger partial charge >= 0.3 is 6.03 Å². The molecule has 0 aliphatic heterocycles. The first kappa shape index (κ1) is 14.8. The maximum atomic E-state index is 12.2. The Balaban J connectivity index is 1.23. The molecule has 2 amide bonds. The van der Waals surface area contributed by atoms with E-state index in [1.54, 1.807) is 0 Å². The maximum absolute atomic E-state index is 12.2. The Kier molecular flexibility index (Phi) is 4.05. The molecule has 4 saturated carbocycles. The number of hydrogen-bond acceptors (Lipinski definition) is 2. The van der Waals surface area contributed by atoms with E-state index in [9.17, 15) is 9.90 Å². The minimum atomic E-state index is -0.159. The first-order valence-electron chi connectivity index (χ1n) is 9.43. The Hall–Kier alpha value is -0.770. The van der Waals surface area contributed by atoms with Crippen molar-refractivity contribution in [3.63, 3.8) is 0 Å². The minimum Gasteiger partial charge on any atom is -0.393 e. The molecule has 0 radical (unpaired) electrons. The summed E-state index contributed by atoms with van der Waals surface area (Å²) >= 11 is 0. The van der Waals surface area contributed by atoms with Crippen LogP contribution in [0.3, 0.4) is 0 Å². The standard InChI is InChI=1S/C18H30N2O2/c21-13-4-1-3-11(7-13)10-19-18(22)20-17-9-12-8-16(17)15-6-2-5-14(12)15/h11-17,21H,1-10H2,(H2,19,20,22). The molecule has 7 unspecified atom stereocenters. The summed E-state index contributed by atoms with van der Waals surface area (Å²) in [4.78, 5) is 12.2. The second-order valence-corrected chi connectivity index (χ2v) is 8.30. The van der Waals surface area contributed by atoms with Gasteiger partial charge in [-0.25, -0.2) is 4.79 Å². The Morgan fingerprint density at radius 1 is 0.955 bits per heavy atom. The van der Waals surface area contributed by atoms with Crippen molar-refractivity contribution in [1.82, 2.24) is 10.6 Å². The van der Waals surface area contributed by atoms with E-state index < -0.39 is 0 Å². The Bertz CT molecular complexity index is 427. The van der Waals surface area contributed by atoms with E-state index in [0.717, 1.165) is 55.9 Å². The number of rotatable bonds is 3. The summed E-state index contributed by atoms with van der Waals surface area (Å²) < 4.78 is 0. The largest absolute Gasteiger partial charge is 0.393 e. The van der Waals surface area contributed by atoms with Crippen LogP contribution in [-0.4, -0.2) is 29.8 Å². The van der Waals surface area contributed by atoms with E-state index in [4.69, 9.17) is 0 Å². The molecule has 0 aromatic heterocycles. The lowest BCUT2D eigenvalue weighted by atomic mass is 9.79. The molecule has 4 heteroatoms. The van der Waals surface area contributed by atoms with Crippen molar-refractivity contribution >= 4 is 6.03 Å². The number of carbonyl (C=O) groups is 1. The Morgan fingerprint density at radius 2 is 1.77 bits per heavy atom. The molecule has 0 aromatic carbocycles. The molecule has 0 spiro atoms. The lowest BCUT2D eigenvalue weighted by Crippen LogP contribution is -2.48. The molecule has 4 fully saturated rings. The predicted molar refractivity (Wildman–Crippen MR) is 85.3 cm³/mol. The molecule has 22 heavy (non-hydrogen) atoms. The second-order valence-electron chi connectivity index (χ2n) is 8.30. The summed E-state index contributed by atoms with van der Waals surface area (Å²) in [5.41, 5.74) is 0. The Labute approximate surface area is 133 Å². The fourth-order valence-corrected chi connectivity index (χ4v) is 6.14. The second kappa shape index (κ2) is 6.03. The van der Waals surface area contributed by atoms with Gasteiger partial charge in [-0.05, 0) is 74.5 Å². The highest BCUT2D eigenvalue weighted by Gasteiger charge is 2.54. The topological polar surface area (TPSA) is 61.4 Å². The molecular weight excluding hydrogens is 276 g/mol. The van der Waals surface area contributed by atoms with Gasteiger partial charge in [0.2, 0.25) is 0 Å². The zero-order valence-corrected chi connectivity index (χ0v) is 13.5. The number of fused-ring (bicyclic) bond motifs is 5. The van der Waals surface area contributed by atoms with Crippen LogP contribution in [0, 0.1) is 29.6 Å². The van der Waals surface area contributed by atoms with Crippen LogP contribution in [0.5, 0.6) is 0 Å². The first-order valence-corrected chi connectivity index (χ1v) is 9.43. The third kappa shape index (κ3) is 2.75. The number of aliphatic hydroxyl groups is 1. The molecular formula is C18H30N2O2. The normalized spacial score (nSPS) is 46.5. The van der Waals surface area contributed by atoms with Gasteiger partial charge in [-0.3, -0.25) is 0 Å². The zero-order valence-electron chi connectivity index (χ0n) is 13.5. The fraction of sp³-hybridized carbons (Fsp3) is 0.944. The predicted octanol–water partition coefficient (Wildman–Crippen LogP) is 2.66. The van der Waals surface area contributed by atoms with Gasteiger partial charge in [-0.15, -0.1) is 0 Å². The van der Waals surface area contributed by atoms with Crippen molar-refractivity contribution in [2.24, 2.45) is 29.6 Å². The quantitative estimate of drug-likeness (QED) is 0.750. The van der Waals surface area contributed by atoms with Gasteiger partial charge in [0.25, 0.3) is 0 Å². The summed E-state index contributed by atoms with van der Waals surface area (Å²) in [5, 5.41) is 16.0. The van der Waals surface area contributed by atoms with Crippen molar-refractivity contribution < 1.29 is 9.90 Å². The van der Waals surface area contributed by atoms with Crippen LogP contribution >= 0.6 is 0 Å². The molecule has 4 rings (SSSR count). The fourth-order valence-electron chi connectivity index (χ4n) is 6.14. The average Bonchev–Trinajstić information content (AvgIpc) is 3.17. The SMILES string of the molecule is O=C(NCC1CCCC(O)C1)NC1CC2CC1C1CCCC21. The van der Waals surface area contributed by atoms with Crippen LogP contribution in [-0.2, 0) is 0 Å². The highest BCUT2D eigenvalue weighted by molar-refractivity contribution is 5.74. The van der Waals surface area contributed by atoms with E-state index >= 15 is 0 Å². The van der Waals surface area contributed by atoms with Gasteiger partial charge in [-0.2, -0.15) is 0 Å². The number of urea groups is 1. The summed E-state index contributed by atoms with van der Waals surface area (Å²) in [7, 11) is 0. The van der Waals surface area contributed by atoms with Crippen LogP contribution < -0.4 is 10.6 Å². The summed E-state index contributed by atoms with van der Waals surface area (Å²) in [6.07, 6.45) is 10.6. The van der Waals surface area contributed by atoms with Crippen molar-refractivity contribution in [2.45, 2.75) is 69.9 Å². The zero-order chi connectivity index (χ0) is 15.1. The third-order valence-corrected chi connectivity index (χ3v) is 7.05. The lowest BCUT2D eigenvalue weighted by molar-refractivity contribution is 0.101. The molecule has 3 N–H and O–H groups in total. The summed E-state index contributed by atoms with van der Waals surface area (Å²) in [5.74, 6) is 3.97. The highest BCUT2D eigenvalue weighted by Crippen LogP contribution is 2.58. The van der Waals surface area contributed by atoms with Gasteiger partial charge in [0.15, 0.2) is 0 Å². The van der Waals surface area contributed by atoms with E-state index in [0.29, 0.717) is 12.0 Å². The smallest absolute Gasteiger partial charge is 0.315 e. The van der Waals surface area contributed by atoms with Crippen molar-refractivity contribution in [1.29, 1.82) is 0 Å². The van der Waals surface area contributed by atoms with Gasteiger partial charge in [0.05, 0.1) is 6.10 Å². The maximum Gasteiger partial charge on any atom is 0.315 e. The number of nitrogens with one attached hydrogen (secondary N) is 2. The van der Waals surface area contributed by atoms with Gasteiger partial charge in [0, 0.05) is 12.6 Å².